The Morgan fingerprint density at radius 1 is 1.50 bits per heavy atom. The summed E-state index contributed by atoms with van der Waals surface area (Å²) in [6.45, 7) is 1.51. The number of benzene rings is 1. The predicted molar refractivity (Wildman–Crippen MR) is 81.9 cm³/mol. The molecule has 1 amide bonds. The minimum Gasteiger partial charge on any atom is -0.381 e. The Labute approximate surface area is 133 Å². The van der Waals surface area contributed by atoms with Gasteiger partial charge in [-0.3, -0.25) is 4.79 Å². The minimum absolute atomic E-state index is 0.0295. The molecule has 1 aliphatic heterocycles. The number of nitrogens with zero attached hydrogens (tertiary/aromatic N) is 3. The van der Waals surface area contributed by atoms with Crippen LogP contribution in [0.3, 0.4) is 0 Å². The van der Waals surface area contributed by atoms with E-state index in [9.17, 15) is 4.79 Å². The molecule has 1 aromatic heterocycles. The molecule has 0 spiro atoms. The molecule has 0 saturated carbocycles. The zero-order chi connectivity index (χ0) is 15.5. The fourth-order valence-corrected chi connectivity index (χ4v) is 2.76. The van der Waals surface area contributed by atoms with Crippen molar-refractivity contribution in [2.45, 2.75) is 19.3 Å². The van der Waals surface area contributed by atoms with Gasteiger partial charge in [-0.2, -0.15) is 5.10 Å². The number of primary amides is 1. The summed E-state index contributed by atoms with van der Waals surface area (Å²) in [5, 5.41) is 5.03. The van der Waals surface area contributed by atoms with Crippen molar-refractivity contribution in [3.8, 4) is 5.69 Å². The van der Waals surface area contributed by atoms with Gasteiger partial charge in [-0.15, -0.1) is 0 Å². The van der Waals surface area contributed by atoms with Gasteiger partial charge in [0.15, 0.2) is 5.82 Å². The van der Waals surface area contributed by atoms with Gasteiger partial charge in [-0.25, -0.2) is 9.67 Å². The van der Waals surface area contributed by atoms with Gasteiger partial charge >= 0.3 is 0 Å². The lowest BCUT2D eigenvalue weighted by Crippen LogP contribution is -2.14. The predicted octanol–water partition coefficient (Wildman–Crippen LogP) is 1.53. The molecule has 2 aromatic rings. The summed E-state index contributed by atoms with van der Waals surface area (Å²) in [5.41, 5.74) is 6.06. The lowest BCUT2D eigenvalue weighted by Gasteiger charge is -2.09. The molecule has 116 valence electrons. The van der Waals surface area contributed by atoms with Crippen molar-refractivity contribution in [2.75, 3.05) is 13.2 Å². The van der Waals surface area contributed by atoms with Gasteiger partial charge in [-0.05, 0) is 30.5 Å². The maximum Gasteiger partial charge on any atom is 0.225 e. The number of hydrogen-bond acceptors (Lipinski definition) is 4. The monoisotopic (exact) mass is 320 g/mol. The van der Waals surface area contributed by atoms with E-state index >= 15 is 0 Å². The summed E-state index contributed by atoms with van der Waals surface area (Å²) < 4.78 is 7.15. The second kappa shape index (κ2) is 6.46. The van der Waals surface area contributed by atoms with Gasteiger partial charge in [0.25, 0.3) is 0 Å². The van der Waals surface area contributed by atoms with Crippen molar-refractivity contribution in [1.82, 2.24) is 14.8 Å². The van der Waals surface area contributed by atoms with E-state index in [0.717, 1.165) is 37.6 Å². The molecule has 0 unspecified atom stereocenters. The molecule has 3 rings (SSSR count). The number of nitrogens with two attached hydrogens (primary N) is 1. The zero-order valence-corrected chi connectivity index (χ0v) is 12.8. The van der Waals surface area contributed by atoms with Crippen molar-refractivity contribution in [1.29, 1.82) is 0 Å². The summed E-state index contributed by atoms with van der Waals surface area (Å²) in [6, 6.07) is 7.38. The van der Waals surface area contributed by atoms with E-state index in [0.29, 0.717) is 16.8 Å². The molecule has 1 fully saturated rings. The summed E-state index contributed by atoms with van der Waals surface area (Å²) in [6.07, 6.45) is 1.79. The first kappa shape index (κ1) is 15.0. The van der Waals surface area contributed by atoms with E-state index in [4.69, 9.17) is 22.1 Å². The van der Waals surface area contributed by atoms with Crippen LogP contribution in [0.25, 0.3) is 5.69 Å². The Bertz CT molecular complexity index is 680. The molecule has 1 aromatic carbocycles. The van der Waals surface area contributed by atoms with E-state index in [1.54, 1.807) is 10.7 Å². The van der Waals surface area contributed by atoms with E-state index < -0.39 is 5.91 Å². The van der Waals surface area contributed by atoms with E-state index in [2.05, 4.69) is 10.1 Å². The third-order valence-electron chi connectivity index (χ3n) is 3.60. The Balaban J connectivity index is 1.94. The van der Waals surface area contributed by atoms with Crippen molar-refractivity contribution in [2.24, 2.45) is 11.7 Å². The molecule has 6 nitrogen and oxygen atoms in total. The normalized spacial score (nSPS) is 17.8. The Hall–Kier alpha value is -1.92. The number of ether oxygens (including phenoxy) is 1. The van der Waals surface area contributed by atoms with E-state index in [1.165, 1.54) is 0 Å². The topological polar surface area (TPSA) is 83.0 Å². The second-order valence-corrected chi connectivity index (χ2v) is 5.85. The third-order valence-corrected chi connectivity index (χ3v) is 3.83. The van der Waals surface area contributed by atoms with Crippen LogP contribution in [0.1, 0.15) is 18.1 Å². The molecular formula is C15H17ClN4O2. The van der Waals surface area contributed by atoms with E-state index in [-0.39, 0.29) is 6.42 Å². The number of halogens is 1. The number of carbonyl (C=O) groups excluding carboxylic acids is 1. The van der Waals surface area contributed by atoms with Crippen LogP contribution in [0.4, 0.5) is 0 Å². The maximum absolute atomic E-state index is 11.1. The smallest absolute Gasteiger partial charge is 0.225 e. The van der Waals surface area contributed by atoms with Crippen molar-refractivity contribution >= 4 is 17.5 Å². The van der Waals surface area contributed by atoms with Crippen molar-refractivity contribution in [3.05, 3.63) is 40.9 Å². The molecular weight excluding hydrogens is 304 g/mol. The largest absolute Gasteiger partial charge is 0.381 e. The fraction of sp³-hybridized carbons (Fsp3) is 0.400. The number of amides is 1. The number of aromatic nitrogens is 3. The van der Waals surface area contributed by atoms with E-state index in [1.807, 2.05) is 18.2 Å². The molecule has 22 heavy (non-hydrogen) atoms. The summed E-state index contributed by atoms with van der Waals surface area (Å²) in [4.78, 5) is 15.6. The van der Waals surface area contributed by atoms with Crippen LogP contribution in [0.2, 0.25) is 5.02 Å². The number of hydrogen-bond donors (Lipinski definition) is 1. The van der Waals surface area contributed by atoms with Gasteiger partial charge in [0.05, 0.1) is 12.1 Å². The number of rotatable bonds is 5. The van der Waals surface area contributed by atoms with Gasteiger partial charge in [0.2, 0.25) is 5.91 Å². The lowest BCUT2D eigenvalue weighted by molar-refractivity contribution is -0.117. The number of carbonyl (C=O) groups is 1. The molecule has 1 saturated heterocycles. The highest BCUT2D eigenvalue weighted by Crippen LogP contribution is 2.21. The highest BCUT2D eigenvalue weighted by atomic mass is 35.5. The van der Waals surface area contributed by atoms with Gasteiger partial charge < -0.3 is 10.5 Å². The molecule has 1 atom stereocenters. The molecule has 2 heterocycles. The van der Waals surface area contributed by atoms with Crippen molar-refractivity contribution < 1.29 is 9.53 Å². The van der Waals surface area contributed by atoms with Gasteiger partial charge in [0, 0.05) is 24.7 Å². The first-order valence-electron chi connectivity index (χ1n) is 7.18. The fourth-order valence-electron chi connectivity index (χ4n) is 2.57. The molecule has 2 N–H and O–H groups in total. The van der Waals surface area contributed by atoms with Crippen LogP contribution >= 0.6 is 11.6 Å². The maximum atomic E-state index is 11.1. The summed E-state index contributed by atoms with van der Waals surface area (Å²) in [5.74, 6) is 1.21. The highest BCUT2D eigenvalue weighted by Gasteiger charge is 2.21. The molecule has 0 bridgehead atoms. The quantitative estimate of drug-likeness (QED) is 0.905. The molecule has 0 radical (unpaired) electrons. The van der Waals surface area contributed by atoms with Crippen LogP contribution in [-0.2, 0) is 22.4 Å². The first-order valence-corrected chi connectivity index (χ1v) is 7.56. The minimum atomic E-state index is -0.445. The SMILES string of the molecule is NC(=O)Cc1nc(C[C@@H]2CCOC2)n(-c2cccc(Cl)c2)n1. The average molecular weight is 321 g/mol. The van der Waals surface area contributed by atoms with Crippen molar-refractivity contribution in [3.63, 3.8) is 0 Å². The van der Waals surface area contributed by atoms with Crippen LogP contribution in [-0.4, -0.2) is 33.9 Å². The lowest BCUT2D eigenvalue weighted by atomic mass is 10.0. The van der Waals surface area contributed by atoms with Crippen LogP contribution < -0.4 is 5.73 Å². The molecule has 7 heteroatoms. The average Bonchev–Trinajstić information content (AvgIpc) is 3.09. The second-order valence-electron chi connectivity index (χ2n) is 5.41. The van der Waals surface area contributed by atoms with Crippen LogP contribution in [0.5, 0.6) is 0 Å². The summed E-state index contributed by atoms with van der Waals surface area (Å²) in [7, 11) is 0. The standard InChI is InChI=1S/C15H17ClN4O2/c16-11-2-1-3-12(7-11)20-15(6-10-4-5-22-9-10)18-14(19-20)8-13(17)21/h1-3,7,10H,4-6,8-9H2,(H2,17,21)/t10-/m0/s1. The highest BCUT2D eigenvalue weighted by molar-refractivity contribution is 6.30. The zero-order valence-electron chi connectivity index (χ0n) is 12.0. The molecule has 1 aliphatic rings. The Morgan fingerprint density at radius 3 is 3.05 bits per heavy atom. The summed E-state index contributed by atoms with van der Waals surface area (Å²) >= 11 is 6.05. The first-order chi connectivity index (χ1) is 10.6. The molecule has 0 aliphatic carbocycles. The van der Waals surface area contributed by atoms with Crippen LogP contribution in [0, 0.1) is 5.92 Å². The Kier molecular flexibility index (Phi) is 4.40. The van der Waals surface area contributed by atoms with Gasteiger partial charge in [-0.1, -0.05) is 17.7 Å². The van der Waals surface area contributed by atoms with Gasteiger partial charge in [0.1, 0.15) is 5.82 Å². The van der Waals surface area contributed by atoms with Crippen LogP contribution in [0.15, 0.2) is 24.3 Å². The third kappa shape index (κ3) is 3.45. The Morgan fingerprint density at radius 2 is 2.36 bits per heavy atom.